The molecule has 0 aliphatic carbocycles. The molecule has 0 saturated heterocycles. The summed E-state index contributed by atoms with van der Waals surface area (Å²) in [6.07, 6.45) is -0.693. The van der Waals surface area contributed by atoms with Crippen LogP contribution < -0.4 is 14.2 Å². The van der Waals surface area contributed by atoms with Gasteiger partial charge in [0.05, 0.1) is 0 Å². The number of carbonyl (C=O) groups is 4. The van der Waals surface area contributed by atoms with Gasteiger partial charge in [-0.1, -0.05) is 76.6 Å². The van der Waals surface area contributed by atoms with Crippen molar-refractivity contribution in [3.05, 3.63) is 89.5 Å². The molecule has 3 aromatic carbocycles. The number of rotatable bonds is 8. The summed E-state index contributed by atoms with van der Waals surface area (Å²) in [5.41, 5.74) is 1.77. The van der Waals surface area contributed by atoms with E-state index in [1.54, 1.807) is 0 Å². The van der Waals surface area contributed by atoms with Crippen LogP contribution in [0.1, 0.15) is 48.4 Å². The van der Waals surface area contributed by atoms with E-state index in [-0.39, 0.29) is 22.8 Å². The Labute approximate surface area is 216 Å². The van der Waals surface area contributed by atoms with Gasteiger partial charge in [0, 0.05) is 20.8 Å². The molecular weight excluding hydrogens is 532 g/mol. The first-order chi connectivity index (χ1) is 17.2. The van der Waals surface area contributed by atoms with Gasteiger partial charge in [-0.25, -0.2) is 0 Å². The van der Waals surface area contributed by atoms with Crippen LogP contribution in [0.3, 0.4) is 0 Å². The normalized spacial score (nSPS) is 11.4. The lowest BCUT2D eigenvalue weighted by Crippen LogP contribution is -2.17. The average Bonchev–Trinajstić information content (AvgIpc) is 2.84. The van der Waals surface area contributed by atoms with Crippen molar-refractivity contribution in [2.24, 2.45) is 0 Å². The topological polar surface area (TPSA) is 105 Å². The van der Waals surface area contributed by atoms with Crippen LogP contribution in [0.25, 0.3) is 0 Å². The van der Waals surface area contributed by atoms with E-state index < -0.39 is 34.8 Å². The van der Waals surface area contributed by atoms with Crippen LogP contribution in [-0.4, -0.2) is 23.9 Å². The van der Waals surface area contributed by atoms with E-state index in [0.717, 1.165) is 31.9 Å². The maximum absolute atomic E-state index is 13.3. The first-order valence-corrected chi connectivity index (χ1v) is 11.7. The maximum Gasteiger partial charge on any atom is 0.325 e. The van der Waals surface area contributed by atoms with E-state index in [2.05, 4.69) is 15.9 Å². The number of hydrogen-bond donors (Lipinski definition) is 0. The van der Waals surface area contributed by atoms with Crippen molar-refractivity contribution in [3.8, 4) is 17.2 Å². The summed E-state index contributed by atoms with van der Waals surface area (Å²) < 4.78 is 21.4. The highest BCUT2D eigenvalue weighted by Crippen LogP contribution is 2.43. The number of ether oxygens (including phenoxy) is 4. The Morgan fingerprint density at radius 3 is 1.44 bits per heavy atom. The molecular formula is C27H23BrO8. The molecule has 3 aromatic rings. The third-order valence-corrected chi connectivity index (χ3v) is 5.64. The van der Waals surface area contributed by atoms with Crippen LogP contribution in [0, 0.1) is 0 Å². The maximum atomic E-state index is 13.3. The minimum Gasteiger partial charge on any atom is -0.451 e. The zero-order valence-electron chi connectivity index (χ0n) is 19.7. The van der Waals surface area contributed by atoms with Gasteiger partial charge in [-0.05, 0) is 28.8 Å². The second kappa shape index (κ2) is 12.1. The van der Waals surface area contributed by atoms with Crippen LogP contribution in [0.2, 0.25) is 0 Å². The largest absolute Gasteiger partial charge is 0.451 e. The molecule has 36 heavy (non-hydrogen) atoms. The molecule has 0 aromatic heterocycles. The van der Waals surface area contributed by atoms with Gasteiger partial charge in [0.15, 0.2) is 17.6 Å². The number of halogens is 1. The summed E-state index contributed by atoms with van der Waals surface area (Å²) in [6.45, 7) is 3.45. The molecule has 186 valence electrons. The fraction of sp³-hybridized carbons (Fsp3) is 0.185. The third kappa shape index (κ3) is 7.02. The van der Waals surface area contributed by atoms with Crippen molar-refractivity contribution in [2.75, 3.05) is 0 Å². The van der Waals surface area contributed by atoms with Crippen molar-refractivity contribution in [1.82, 2.24) is 0 Å². The summed E-state index contributed by atoms with van der Waals surface area (Å²) >= 11 is 3.34. The van der Waals surface area contributed by atoms with Gasteiger partial charge in [0.2, 0.25) is 5.75 Å². The predicted octanol–water partition coefficient (Wildman–Crippen LogP) is 5.23. The quantitative estimate of drug-likeness (QED) is 0.211. The molecule has 0 bridgehead atoms. The summed E-state index contributed by atoms with van der Waals surface area (Å²) in [4.78, 5) is 47.2. The van der Waals surface area contributed by atoms with Gasteiger partial charge in [-0.3, -0.25) is 19.2 Å². The van der Waals surface area contributed by atoms with Crippen molar-refractivity contribution >= 4 is 39.8 Å². The van der Waals surface area contributed by atoms with Crippen molar-refractivity contribution in [1.29, 1.82) is 0 Å². The monoisotopic (exact) mass is 554 g/mol. The Balaban J connectivity index is 2.00. The number of alkyl halides is 1. The molecule has 0 spiro atoms. The molecule has 9 heteroatoms. The molecule has 0 N–H and O–H groups in total. The van der Waals surface area contributed by atoms with E-state index in [9.17, 15) is 19.2 Å². The van der Waals surface area contributed by atoms with Crippen LogP contribution in [0.5, 0.6) is 17.2 Å². The Morgan fingerprint density at radius 1 is 0.639 bits per heavy atom. The zero-order chi connectivity index (χ0) is 26.2. The van der Waals surface area contributed by atoms with Gasteiger partial charge in [0.25, 0.3) is 0 Å². The number of carbonyl (C=O) groups excluding carboxylic acids is 4. The number of benzene rings is 3. The lowest BCUT2D eigenvalue weighted by atomic mass is 10.0. The molecule has 0 fully saturated rings. The molecule has 3 rings (SSSR count). The Kier molecular flexibility index (Phi) is 8.97. The molecule has 0 radical (unpaired) electrons. The van der Waals surface area contributed by atoms with Gasteiger partial charge < -0.3 is 18.9 Å². The summed E-state index contributed by atoms with van der Waals surface area (Å²) in [5.74, 6) is -3.48. The minimum atomic E-state index is -1.05. The molecule has 0 amide bonds. The summed E-state index contributed by atoms with van der Waals surface area (Å²) in [6, 6.07) is 21.1. The molecule has 0 aliphatic heterocycles. The number of hydrogen-bond acceptors (Lipinski definition) is 8. The first-order valence-electron chi connectivity index (χ1n) is 10.8. The molecule has 0 aliphatic rings. The Hall–Kier alpha value is -3.98. The summed E-state index contributed by atoms with van der Waals surface area (Å²) in [5, 5.41) is 0. The van der Waals surface area contributed by atoms with Gasteiger partial charge >= 0.3 is 23.9 Å². The Morgan fingerprint density at radius 2 is 1.06 bits per heavy atom. The van der Waals surface area contributed by atoms with Gasteiger partial charge in [-0.2, -0.15) is 0 Å². The first kappa shape index (κ1) is 26.6. The lowest BCUT2D eigenvalue weighted by molar-refractivity contribution is -0.146. The molecule has 0 heterocycles. The van der Waals surface area contributed by atoms with E-state index in [1.165, 1.54) is 12.1 Å². The molecule has 0 saturated carbocycles. The third-order valence-electron chi connectivity index (χ3n) is 4.73. The predicted molar refractivity (Wildman–Crippen MR) is 133 cm³/mol. The standard InChI is InChI=1S/C27H23BrO8/c1-16(29)33-22-14-21(15-23(34-17(2)30)26(22)35-18(3)31)24(28)27(32)36-25(19-10-6-4-7-11-19)20-12-8-5-9-13-20/h4-15,24-25H,1-3H3. The van der Waals surface area contributed by atoms with Crippen molar-refractivity contribution in [2.45, 2.75) is 31.7 Å². The van der Waals surface area contributed by atoms with E-state index >= 15 is 0 Å². The highest BCUT2D eigenvalue weighted by atomic mass is 79.9. The van der Waals surface area contributed by atoms with E-state index in [1.807, 2.05) is 60.7 Å². The average molecular weight is 555 g/mol. The molecule has 1 atom stereocenters. The zero-order valence-corrected chi connectivity index (χ0v) is 21.3. The van der Waals surface area contributed by atoms with Gasteiger partial charge in [-0.15, -0.1) is 0 Å². The van der Waals surface area contributed by atoms with Crippen LogP contribution >= 0.6 is 15.9 Å². The Bertz CT molecular complexity index is 1180. The second-order valence-electron chi connectivity index (χ2n) is 7.63. The number of esters is 4. The van der Waals surface area contributed by atoms with Crippen LogP contribution in [0.4, 0.5) is 0 Å². The van der Waals surface area contributed by atoms with Gasteiger partial charge in [0.1, 0.15) is 4.83 Å². The fourth-order valence-corrected chi connectivity index (χ4v) is 3.72. The highest BCUT2D eigenvalue weighted by molar-refractivity contribution is 9.09. The summed E-state index contributed by atoms with van der Waals surface area (Å²) in [7, 11) is 0. The SMILES string of the molecule is CC(=O)Oc1cc(C(Br)C(=O)OC(c2ccccc2)c2ccccc2)cc(OC(C)=O)c1OC(C)=O. The molecule has 8 nitrogen and oxygen atoms in total. The van der Waals surface area contributed by atoms with Crippen molar-refractivity contribution in [3.63, 3.8) is 0 Å². The second-order valence-corrected chi connectivity index (χ2v) is 8.54. The minimum absolute atomic E-state index is 0.202. The fourth-order valence-electron chi connectivity index (χ4n) is 3.35. The molecule has 1 unspecified atom stereocenters. The van der Waals surface area contributed by atoms with Crippen LogP contribution in [-0.2, 0) is 23.9 Å². The van der Waals surface area contributed by atoms with Crippen molar-refractivity contribution < 1.29 is 38.1 Å². The smallest absolute Gasteiger partial charge is 0.325 e. The lowest BCUT2D eigenvalue weighted by Gasteiger charge is -2.21. The van der Waals surface area contributed by atoms with E-state index in [0.29, 0.717) is 0 Å². The van der Waals surface area contributed by atoms with Crippen LogP contribution in [0.15, 0.2) is 72.8 Å². The highest BCUT2D eigenvalue weighted by Gasteiger charge is 2.29. The van der Waals surface area contributed by atoms with E-state index in [4.69, 9.17) is 18.9 Å².